The Morgan fingerprint density at radius 1 is 0.837 bits per heavy atom. The van der Waals surface area contributed by atoms with Crippen LogP contribution in [0.25, 0.3) is 0 Å². The smallest absolute Gasteiger partial charge is 0.338 e. The van der Waals surface area contributed by atoms with Gasteiger partial charge in [-0.15, -0.1) is 0 Å². The molecule has 1 aliphatic heterocycles. The number of hydrogen-bond donors (Lipinski definition) is 0. The lowest BCUT2D eigenvalue weighted by molar-refractivity contribution is -0.154. The van der Waals surface area contributed by atoms with Crippen molar-refractivity contribution in [1.82, 2.24) is 0 Å². The Morgan fingerprint density at radius 3 is 2.00 bits per heavy atom. The Labute approximate surface area is 251 Å². The van der Waals surface area contributed by atoms with E-state index in [9.17, 15) is 24.0 Å². The summed E-state index contributed by atoms with van der Waals surface area (Å²) in [5.41, 5.74) is -2.43. The Kier molecular flexibility index (Phi) is 7.60. The summed E-state index contributed by atoms with van der Waals surface area (Å²) >= 11 is 0. The van der Waals surface area contributed by atoms with Crippen LogP contribution in [0.3, 0.4) is 0 Å². The number of Topliss-reactive ketones (excluding diaryl/α,β-unsaturated/α-hetero) is 1. The standard InChI is InChI=1S/C33H40O10/c1-16-14-33-29(41-21(6)36)17(2)15-32(33,43-33)28(37)18(3)26(40-20(5)35)23-24(31(23,7)8)27(25(16)39-19(4)34)42-30(38)22-12-10-9-11-13-22/h9-14,17-18,23-27,29H,15H2,1-8H3/b16-14+/t17-,18-,23-,24+,25+,26+,27+,29-,32-,33-/m0/s1. The minimum Gasteiger partial charge on any atom is -0.461 e. The molecule has 43 heavy (non-hydrogen) atoms. The van der Waals surface area contributed by atoms with E-state index in [2.05, 4.69) is 0 Å². The minimum absolute atomic E-state index is 0.239. The summed E-state index contributed by atoms with van der Waals surface area (Å²) in [5, 5.41) is 0. The zero-order chi connectivity index (χ0) is 31.6. The van der Waals surface area contributed by atoms with Gasteiger partial charge in [-0.3, -0.25) is 19.2 Å². The Morgan fingerprint density at radius 2 is 1.42 bits per heavy atom. The van der Waals surface area contributed by atoms with Gasteiger partial charge in [0.2, 0.25) is 0 Å². The summed E-state index contributed by atoms with van der Waals surface area (Å²) in [6, 6.07) is 8.48. The Hall–Kier alpha value is -3.53. The number of carbonyl (C=O) groups is 5. The summed E-state index contributed by atoms with van der Waals surface area (Å²) < 4.78 is 30.1. The number of hydrogen-bond acceptors (Lipinski definition) is 10. The van der Waals surface area contributed by atoms with E-state index in [0.29, 0.717) is 11.1 Å². The molecule has 10 nitrogen and oxygen atoms in total. The number of rotatable bonds is 5. The SMILES string of the molecule is CC(=O)O[C@H]1[C@@H]2[C@H]([C@@H](OC(=O)c3ccccc3)[C@H](OC(C)=O)/C(C)=C/[C@@]34O[C@@]3(C[C@H](C)[C@@H]4OC(C)=O)C(=O)[C@H]1C)C2(C)C. The first-order valence-corrected chi connectivity index (χ1v) is 14.8. The lowest BCUT2D eigenvalue weighted by Gasteiger charge is -2.30. The lowest BCUT2D eigenvalue weighted by Crippen LogP contribution is -2.43. The number of carbonyl (C=O) groups excluding carboxylic acids is 5. The van der Waals surface area contributed by atoms with E-state index in [4.69, 9.17) is 23.7 Å². The van der Waals surface area contributed by atoms with Gasteiger partial charge in [-0.1, -0.05) is 45.9 Å². The number of benzene rings is 1. The molecule has 232 valence electrons. The van der Waals surface area contributed by atoms with Crippen LogP contribution in [0, 0.1) is 29.1 Å². The molecule has 3 aliphatic carbocycles. The van der Waals surface area contributed by atoms with Gasteiger partial charge in [0.15, 0.2) is 23.1 Å². The number of fused-ring (bicyclic) bond motifs is 1. The molecule has 1 aromatic carbocycles. The molecule has 0 N–H and O–H groups in total. The fourth-order valence-corrected chi connectivity index (χ4v) is 7.97. The van der Waals surface area contributed by atoms with Gasteiger partial charge in [-0.05, 0) is 48.5 Å². The quantitative estimate of drug-likeness (QED) is 0.212. The Balaban J connectivity index is 1.69. The van der Waals surface area contributed by atoms with Crippen molar-refractivity contribution in [3.63, 3.8) is 0 Å². The molecular weight excluding hydrogens is 556 g/mol. The molecule has 3 fully saturated rings. The van der Waals surface area contributed by atoms with Crippen molar-refractivity contribution in [2.24, 2.45) is 29.1 Å². The van der Waals surface area contributed by atoms with E-state index in [1.165, 1.54) is 20.8 Å². The summed E-state index contributed by atoms with van der Waals surface area (Å²) in [6.07, 6.45) is -1.74. The number of ketones is 1. The third kappa shape index (κ3) is 4.97. The van der Waals surface area contributed by atoms with Gasteiger partial charge in [-0.2, -0.15) is 0 Å². The van der Waals surface area contributed by atoms with Crippen LogP contribution in [0.1, 0.15) is 72.2 Å². The molecule has 0 amide bonds. The van der Waals surface area contributed by atoms with Crippen molar-refractivity contribution < 1.29 is 47.7 Å². The van der Waals surface area contributed by atoms with Crippen molar-refractivity contribution in [1.29, 1.82) is 0 Å². The lowest BCUT2D eigenvalue weighted by atomic mass is 9.80. The van der Waals surface area contributed by atoms with Crippen molar-refractivity contribution in [3.05, 3.63) is 47.5 Å². The predicted octanol–water partition coefficient (Wildman–Crippen LogP) is 3.99. The zero-order valence-corrected chi connectivity index (χ0v) is 25.9. The van der Waals surface area contributed by atoms with Gasteiger partial charge in [0.25, 0.3) is 0 Å². The van der Waals surface area contributed by atoms with Gasteiger partial charge in [-0.25, -0.2) is 4.79 Å². The maximum atomic E-state index is 14.4. The summed E-state index contributed by atoms with van der Waals surface area (Å²) in [4.78, 5) is 65.0. The fraction of sp³-hybridized carbons (Fsp3) is 0.606. The molecule has 5 rings (SSSR count). The van der Waals surface area contributed by atoms with E-state index < -0.39 is 82.7 Å². The predicted molar refractivity (Wildman–Crippen MR) is 151 cm³/mol. The number of ether oxygens (including phenoxy) is 5. The molecule has 1 aromatic rings. The van der Waals surface area contributed by atoms with E-state index >= 15 is 0 Å². The minimum atomic E-state index is -1.33. The molecule has 10 heteroatoms. The summed E-state index contributed by atoms with van der Waals surface area (Å²) in [7, 11) is 0. The topological polar surface area (TPSA) is 135 Å². The first-order valence-electron chi connectivity index (χ1n) is 14.8. The average Bonchev–Trinajstić information content (AvgIpc) is 3.71. The van der Waals surface area contributed by atoms with Crippen molar-refractivity contribution in [2.45, 2.75) is 97.4 Å². The van der Waals surface area contributed by atoms with Gasteiger partial charge >= 0.3 is 23.9 Å². The number of esters is 4. The second kappa shape index (κ2) is 10.6. The zero-order valence-electron chi connectivity index (χ0n) is 25.9. The molecule has 0 unspecified atom stereocenters. The maximum Gasteiger partial charge on any atom is 0.338 e. The molecule has 0 radical (unpaired) electrons. The normalized spacial score (nSPS) is 40.2. The van der Waals surface area contributed by atoms with E-state index in [-0.39, 0.29) is 18.1 Å². The molecule has 0 spiro atoms. The molecule has 1 heterocycles. The molecule has 1 saturated heterocycles. The van der Waals surface area contributed by atoms with E-state index in [0.717, 1.165) is 0 Å². The third-order valence-electron chi connectivity index (χ3n) is 9.82. The van der Waals surface area contributed by atoms with Crippen LogP contribution in [0.2, 0.25) is 0 Å². The van der Waals surface area contributed by atoms with Crippen LogP contribution in [-0.4, -0.2) is 65.3 Å². The van der Waals surface area contributed by atoms with Crippen LogP contribution in [0.15, 0.2) is 42.0 Å². The molecule has 4 aliphatic rings. The first-order chi connectivity index (χ1) is 20.1. The second-order valence-electron chi connectivity index (χ2n) is 13.2. The monoisotopic (exact) mass is 596 g/mol. The Bertz CT molecular complexity index is 1380. The van der Waals surface area contributed by atoms with Crippen LogP contribution in [0.5, 0.6) is 0 Å². The van der Waals surface area contributed by atoms with Crippen LogP contribution < -0.4 is 0 Å². The van der Waals surface area contributed by atoms with Crippen LogP contribution >= 0.6 is 0 Å². The van der Waals surface area contributed by atoms with Crippen LogP contribution in [0.4, 0.5) is 0 Å². The second-order valence-corrected chi connectivity index (χ2v) is 13.2. The van der Waals surface area contributed by atoms with Crippen molar-refractivity contribution in [3.8, 4) is 0 Å². The highest BCUT2D eigenvalue weighted by Crippen LogP contribution is 2.69. The van der Waals surface area contributed by atoms with E-state index in [1.807, 2.05) is 20.8 Å². The molecule has 2 saturated carbocycles. The largest absolute Gasteiger partial charge is 0.461 e. The number of epoxide rings is 1. The highest BCUT2D eigenvalue weighted by Gasteiger charge is 2.84. The van der Waals surface area contributed by atoms with Crippen molar-refractivity contribution >= 4 is 29.7 Å². The first kappa shape index (κ1) is 30.9. The highest BCUT2D eigenvalue weighted by atomic mass is 16.7. The van der Waals surface area contributed by atoms with Gasteiger partial charge in [0, 0.05) is 32.6 Å². The average molecular weight is 597 g/mol. The molecule has 10 atom stereocenters. The summed E-state index contributed by atoms with van der Waals surface area (Å²) in [5.74, 6) is -4.43. The third-order valence-corrected chi connectivity index (χ3v) is 9.82. The summed E-state index contributed by atoms with van der Waals surface area (Å²) in [6.45, 7) is 13.1. The van der Waals surface area contributed by atoms with Crippen LogP contribution in [-0.2, 0) is 42.9 Å². The van der Waals surface area contributed by atoms with Gasteiger partial charge in [0.05, 0.1) is 11.5 Å². The maximum absolute atomic E-state index is 14.4. The highest BCUT2D eigenvalue weighted by molar-refractivity contribution is 5.96. The van der Waals surface area contributed by atoms with Crippen molar-refractivity contribution in [2.75, 3.05) is 0 Å². The molecular formula is C33H40O10. The van der Waals surface area contributed by atoms with Gasteiger partial charge in [0.1, 0.15) is 18.3 Å². The van der Waals surface area contributed by atoms with E-state index in [1.54, 1.807) is 50.3 Å². The molecule has 0 aromatic heterocycles. The molecule has 0 bridgehead atoms. The fourth-order valence-electron chi connectivity index (χ4n) is 7.97. The van der Waals surface area contributed by atoms with Gasteiger partial charge < -0.3 is 23.7 Å².